The Kier molecular flexibility index (Phi) is 4.47. The van der Waals surface area contributed by atoms with Gasteiger partial charge in [-0.25, -0.2) is 5.84 Å². The van der Waals surface area contributed by atoms with E-state index in [0.29, 0.717) is 6.42 Å². The molecule has 0 aromatic heterocycles. The number of hydrazine groups is 1. The molecule has 0 aliphatic heterocycles. The molecule has 0 radical (unpaired) electrons. The number of nitrogens with two attached hydrogens (primary N) is 1. The lowest BCUT2D eigenvalue weighted by Crippen LogP contribution is -2.49. The molecule has 0 aliphatic carbocycles. The number of hydrogen-bond acceptors (Lipinski definition) is 4. The van der Waals surface area contributed by atoms with Crippen molar-refractivity contribution < 1.29 is 14.7 Å². The molecule has 5 N–H and O–H groups in total. The molecule has 6 nitrogen and oxygen atoms in total. The van der Waals surface area contributed by atoms with E-state index < -0.39 is 11.9 Å². The highest BCUT2D eigenvalue weighted by atomic mass is 16.3. The molecule has 6 heteroatoms. The van der Waals surface area contributed by atoms with Crippen LogP contribution >= 0.6 is 0 Å². The van der Waals surface area contributed by atoms with Gasteiger partial charge in [-0.3, -0.25) is 15.0 Å². The number of amides is 2. The molecule has 17 heavy (non-hydrogen) atoms. The minimum Gasteiger partial charge on any atom is -0.508 e. The van der Waals surface area contributed by atoms with Crippen LogP contribution in [0.15, 0.2) is 24.3 Å². The number of nitrogens with one attached hydrogen (secondary N) is 2. The average molecular weight is 237 g/mol. The highest BCUT2D eigenvalue weighted by Crippen LogP contribution is 2.11. The van der Waals surface area contributed by atoms with Crippen LogP contribution in [0.4, 0.5) is 0 Å². The number of aromatic hydroxyl groups is 1. The Bertz CT molecular complexity index is 403. The Morgan fingerprint density at radius 1 is 1.35 bits per heavy atom. The van der Waals surface area contributed by atoms with Gasteiger partial charge in [-0.05, 0) is 17.7 Å². The van der Waals surface area contributed by atoms with Crippen LogP contribution in [-0.4, -0.2) is 23.0 Å². The van der Waals surface area contributed by atoms with Crippen molar-refractivity contribution in [3.05, 3.63) is 29.8 Å². The summed E-state index contributed by atoms with van der Waals surface area (Å²) in [4.78, 5) is 22.4. The second-order valence-corrected chi connectivity index (χ2v) is 3.63. The smallest absolute Gasteiger partial charge is 0.256 e. The zero-order valence-electron chi connectivity index (χ0n) is 9.43. The van der Waals surface area contributed by atoms with Crippen molar-refractivity contribution in [1.82, 2.24) is 10.7 Å². The third-order valence-corrected chi connectivity index (χ3v) is 2.21. The topological polar surface area (TPSA) is 104 Å². The average Bonchev–Trinajstić information content (AvgIpc) is 2.29. The highest BCUT2D eigenvalue weighted by Gasteiger charge is 2.18. The van der Waals surface area contributed by atoms with Gasteiger partial charge in [0.2, 0.25) is 5.91 Å². The van der Waals surface area contributed by atoms with Crippen LogP contribution in [-0.2, 0) is 16.0 Å². The van der Waals surface area contributed by atoms with Gasteiger partial charge in [0.05, 0.1) is 0 Å². The molecule has 0 saturated heterocycles. The molecule has 0 saturated carbocycles. The van der Waals surface area contributed by atoms with Gasteiger partial charge in [0.25, 0.3) is 5.91 Å². The zero-order valence-corrected chi connectivity index (χ0v) is 9.43. The SMILES string of the molecule is CC(=O)N[C@@H](Cc1ccc(O)cc1)C(=O)NN. The van der Waals surface area contributed by atoms with Gasteiger partial charge in [0.15, 0.2) is 0 Å². The summed E-state index contributed by atoms with van der Waals surface area (Å²) in [6.45, 7) is 1.33. The fourth-order valence-corrected chi connectivity index (χ4v) is 1.42. The Morgan fingerprint density at radius 2 is 1.94 bits per heavy atom. The molecule has 0 aliphatic rings. The van der Waals surface area contributed by atoms with Gasteiger partial charge in [-0.15, -0.1) is 0 Å². The van der Waals surface area contributed by atoms with E-state index in [4.69, 9.17) is 10.9 Å². The number of hydrogen-bond donors (Lipinski definition) is 4. The molecule has 0 spiro atoms. The van der Waals surface area contributed by atoms with Crippen molar-refractivity contribution in [1.29, 1.82) is 0 Å². The molecule has 1 aromatic carbocycles. The van der Waals surface area contributed by atoms with E-state index in [2.05, 4.69) is 5.32 Å². The largest absolute Gasteiger partial charge is 0.508 e. The molecule has 1 aromatic rings. The number of rotatable bonds is 4. The lowest BCUT2D eigenvalue weighted by molar-refractivity contribution is -0.128. The summed E-state index contributed by atoms with van der Waals surface area (Å²) in [5, 5.41) is 11.6. The first-order valence-electron chi connectivity index (χ1n) is 5.08. The predicted octanol–water partition coefficient (Wildman–Crippen LogP) is -0.571. The minimum absolute atomic E-state index is 0.146. The monoisotopic (exact) mass is 237 g/mol. The van der Waals surface area contributed by atoms with Crippen molar-refractivity contribution in [3.63, 3.8) is 0 Å². The van der Waals surface area contributed by atoms with Gasteiger partial charge in [-0.2, -0.15) is 0 Å². The maximum absolute atomic E-state index is 11.4. The summed E-state index contributed by atoms with van der Waals surface area (Å²) >= 11 is 0. The molecule has 1 atom stereocenters. The van der Waals surface area contributed by atoms with E-state index in [9.17, 15) is 9.59 Å². The number of phenols is 1. The van der Waals surface area contributed by atoms with Crippen LogP contribution in [0.2, 0.25) is 0 Å². The van der Waals surface area contributed by atoms with Crippen molar-refractivity contribution in [2.75, 3.05) is 0 Å². The van der Waals surface area contributed by atoms with Crippen LogP contribution in [0, 0.1) is 0 Å². The van der Waals surface area contributed by atoms with Crippen LogP contribution in [0.3, 0.4) is 0 Å². The predicted molar refractivity (Wildman–Crippen MR) is 61.7 cm³/mol. The van der Waals surface area contributed by atoms with Crippen LogP contribution in [0.25, 0.3) is 0 Å². The molecule has 1 rings (SSSR count). The molecule has 0 fully saturated rings. The van der Waals surface area contributed by atoms with E-state index in [1.165, 1.54) is 19.1 Å². The summed E-state index contributed by atoms with van der Waals surface area (Å²) in [7, 11) is 0. The molecule has 2 amide bonds. The fraction of sp³-hybridized carbons (Fsp3) is 0.273. The third-order valence-electron chi connectivity index (χ3n) is 2.21. The maximum atomic E-state index is 11.4. The Balaban J connectivity index is 2.75. The van der Waals surface area contributed by atoms with Crippen molar-refractivity contribution >= 4 is 11.8 Å². The first-order chi connectivity index (χ1) is 8.02. The van der Waals surface area contributed by atoms with Crippen molar-refractivity contribution in [3.8, 4) is 5.75 Å². The Hall–Kier alpha value is -2.08. The fourth-order valence-electron chi connectivity index (χ4n) is 1.42. The summed E-state index contributed by atoms with van der Waals surface area (Å²) in [5.41, 5.74) is 2.81. The second-order valence-electron chi connectivity index (χ2n) is 3.63. The van der Waals surface area contributed by atoms with Crippen LogP contribution < -0.4 is 16.6 Å². The molecule has 92 valence electrons. The molecular formula is C11H15N3O3. The first kappa shape index (κ1) is 13.0. The summed E-state index contributed by atoms with van der Waals surface area (Å²) in [5.74, 6) is 4.41. The van der Waals surface area contributed by atoms with Crippen molar-refractivity contribution in [2.45, 2.75) is 19.4 Å². The van der Waals surface area contributed by atoms with Gasteiger partial charge in [0, 0.05) is 13.3 Å². The lowest BCUT2D eigenvalue weighted by atomic mass is 10.1. The Morgan fingerprint density at radius 3 is 2.41 bits per heavy atom. The van der Waals surface area contributed by atoms with E-state index in [1.807, 2.05) is 5.43 Å². The number of benzene rings is 1. The second kappa shape index (κ2) is 5.86. The summed E-state index contributed by atoms with van der Waals surface area (Å²) < 4.78 is 0. The Labute approximate surface area is 98.8 Å². The number of carbonyl (C=O) groups excluding carboxylic acids is 2. The molecule has 0 bridgehead atoms. The first-order valence-corrected chi connectivity index (χ1v) is 5.08. The van der Waals surface area contributed by atoms with E-state index in [1.54, 1.807) is 12.1 Å². The highest BCUT2D eigenvalue weighted by molar-refractivity contribution is 5.86. The van der Waals surface area contributed by atoms with Crippen LogP contribution in [0.5, 0.6) is 5.75 Å². The molecular weight excluding hydrogens is 222 g/mol. The van der Waals surface area contributed by atoms with Gasteiger partial charge < -0.3 is 10.4 Å². The number of phenolic OH excluding ortho intramolecular Hbond substituents is 1. The quantitative estimate of drug-likeness (QED) is 0.320. The number of carbonyl (C=O) groups is 2. The van der Waals surface area contributed by atoms with Crippen LogP contribution in [0.1, 0.15) is 12.5 Å². The minimum atomic E-state index is -0.720. The van der Waals surface area contributed by atoms with Crippen molar-refractivity contribution in [2.24, 2.45) is 5.84 Å². The lowest BCUT2D eigenvalue weighted by Gasteiger charge is -2.16. The zero-order chi connectivity index (χ0) is 12.8. The normalized spacial score (nSPS) is 11.6. The van der Waals surface area contributed by atoms with Gasteiger partial charge in [-0.1, -0.05) is 12.1 Å². The molecule has 0 unspecified atom stereocenters. The summed E-state index contributed by atoms with van der Waals surface area (Å²) in [6.07, 6.45) is 0.308. The van der Waals surface area contributed by atoms with Gasteiger partial charge >= 0.3 is 0 Å². The summed E-state index contributed by atoms with van der Waals surface area (Å²) in [6, 6.07) is 5.66. The van der Waals surface area contributed by atoms with E-state index >= 15 is 0 Å². The molecule has 0 heterocycles. The maximum Gasteiger partial charge on any atom is 0.256 e. The standard InChI is InChI=1S/C11H15N3O3/c1-7(15)13-10(11(17)14-12)6-8-2-4-9(16)5-3-8/h2-5,10,16H,6,12H2,1H3,(H,13,15)(H,14,17)/t10-/m0/s1. The van der Waals surface area contributed by atoms with Gasteiger partial charge in [0.1, 0.15) is 11.8 Å². The van der Waals surface area contributed by atoms with E-state index in [-0.39, 0.29) is 11.7 Å². The van der Waals surface area contributed by atoms with E-state index in [0.717, 1.165) is 5.56 Å². The third kappa shape index (κ3) is 4.12.